The Kier molecular flexibility index (Phi) is 9.08. The van der Waals surface area contributed by atoms with Gasteiger partial charge in [0.15, 0.2) is 0 Å². The van der Waals surface area contributed by atoms with Crippen LogP contribution in [-0.4, -0.2) is 14.6 Å². The quantitative estimate of drug-likeness (QED) is 0.151. The first-order valence-electron chi connectivity index (χ1n) is 21.4. The van der Waals surface area contributed by atoms with Crippen molar-refractivity contribution in [1.82, 2.24) is 0 Å². The molecule has 294 valence electrons. The Balaban J connectivity index is 1.13. The first kappa shape index (κ1) is 37.8. The van der Waals surface area contributed by atoms with Gasteiger partial charge in [-0.2, -0.15) is 5.26 Å². The maximum absolute atomic E-state index is 9.86. The van der Waals surface area contributed by atoms with E-state index in [9.17, 15) is 5.26 Å². The van der Waals surface area contributed by atoms with Crippen LogP contribution in [0, 0.1) is 17.2 Å². The Labute approximate surface area is 357 Å². The smallest absolute Gasteiger partial charge is 0.0991 e. The highest BCUT2D eigenvalue weighted by Crippen LogP contribution is 2.54. The molecule has 2 unspecified atom stereocenters. The van der Waals surface area contributed by atoms with Gasteiger partial charge < -0.3 is 9.80 Å². The van der Waals surface area contributed by atoms with Crippen LogP contribution in [0.2, 0.25) is 19.6 Å². The predicted molar refractivity (Wildman–Crippen MR) is 256 cm³/mol. The van der Waals surface area contributed by atoms with Crippen molar-refractivity contribution in [2.45, 2.75) is 58.2 Å². The summed E-state index contributed by atoms with van der Waals surface area (Å²) in [7, 11) is -1.48. The number of hydrogen-bond acceptors (Lipinski definition) is 3. The van der Waals surface area contributed by atoms with Gasteiger partial charge in [0, 0.05) is 52.4 Å². The van der Waals surface area contributed by atoms with Gasteiger partial charge in [0.25, 0.3) is 0 Å². The van der Waals surface area contributed by atoms with Crippen molar-refractivity contribution in [1.29, 1.82) is 5.26 Å². The predicted octanol–water partition coefficient (Wildman–Crippen LogP) is 13.8. The van der Waals surface area contributed by atoms with E-state index in [-0.39, 0.29) is 17.3 Å². The van der Waals surface area contributed by atoms with E-state index in [0.717, 1.165) is 24.3 Å². The molecule has 0 saturated carbocycles. The molecule has 6 aromatic carbocycles. The lowest BCUT2D eigenvalue weighted by atomic mass is 9.67. The lowest BCUT2D eigenvalue weighted by Gasteiger charge is -2.42. The number of anilines is 4. The average Bonchev–Trinajstić information content (AvgIpc) is 3.69. The van der Waals surface area contributed by atoms with E-state index in [2.05, 4.69) is 208 Å². The van der Waals surface area contributed by atoms with E-state index < -0.39 is 8.07 Å². The van der Waals surface area contributed by atoms with Crippen LogP contribution in [0.4, 0.5) is 22.7 Å². The van der Waals surface area contributed by atoms with E-state index in [1.807, 2.05) is 12.1 Å². The molecule has 1 heterocycles. The molecule has 4 heteroatoms. The average molecular weight is 794 g/mol. The van der Waals surface area contributed by atoms with E-state index in [0.29, 0.717) is 5.56 Å². The van der Waals surface area contributed by atoms with E-state index in [4.69, 9.17) is 0 Å². The summed E-state index contributed by atoms with van der Waals surface area (Å²) in [4.78, 5) is 4.98. The fourth-order valence-corrected chi connectivity index (χ4v) is 10.9. The SMILES string of the molecule is CC(C)(C)c1ccc(-c2cc(-c3ccc([Si](C)(C)C)cc3)cc(N(C3=CC=C4C=Cc5c(N6CCc7ccccc76)ccc6c5C4C3C=C6)c3ccc(C#N)cc3)c2)cc1. The molecule has 0 spiro atoms. The molecule has 3 nitrogen and oxygen atoms in total. The highest BCUT2D eigenvalue weighted by atomic mass is 28.3. The van der Waals surface area contributed by atoms with Gasteiger partial charge in [0.2, 0.25) is 0 Å². The Morgan fingerprint density at radius 2 is 1.38 bits per heavy atom. The lowest BCUT2D eigenvalue weighted by Crippen LogP contribution is -2.37. The zero-order valence-corrected chi connectivity index (χ0v) is 36.5. The third kappa shape index (κ3) is 6.59. The minimum Gasteiger partial charge on any atom is -0.340 e. The molecule has 0 N–H and O–H groups in total. The summed E-state index contributed by atoms with van der Waals surface area (Å²) in [6, 6.07) is 49.5. The summed E-state index contributed by atoms with van der Waals surface area (Å²) in [6.45, 7) is 15.0. The van der Waals surface area contributed by atoms with Crippen LogP contribution in [0.1, 0.15) is 60.1 Å². The largest absolute Gasteiger partial charge is 0.340 e. The second kappa shape index (κ2) is 14.4. The molecule has 0 amide bonds. The summed E-state index contributed by atoms with van der Waals surface area (Å²) < 4.78 is 0. The van der Waals surface area contributed by atoms with Crippen molar-refractivity contribution in [2.24, 2.45) is 5.92 Å². The molecule has 0 radical (unpaired) electrons. The Bertz CT molecular complexity index is 2760. The molecular formula is C56H51N3Si. The zero-order chi connectivity index (χ0) is 41.3. The van der Waals surface area contributed by atoms with Crippen molar-refractivity contribution in [2.75, 3.05) is 16.3 Å². The topological polar surface area (TPSA) is 30.3 Å². The van der Waals surface area contributed by atoms with Gasteiger partial charge in [-0.15, -0.1) is 0 Å². The summed E-state index contributed by atoms with van der Waals surface area (Å²) in [6.07, 6.45) is 15.3. The van der Waals surface area contributed by atoms with Gasteiger partial charge in [-0.25, -0.2) is 0 Å². The Morgan fingerprint density at radius 1 is 0.683 bits per heavy atom. The van der Waals surface area contributed by atoms with E-state index in [1.165, 1.54) is 77.9 Å². The fourth-order valence-electron chi connectivity index (χ4n) is 9.76. The van der Waals surface area contributed by atoms with E-state index >= 15 is 0 Å². The van der Waals surface area contributed by atoms with Crippen molar-refractivity contribution >= 4 is 48.2 Å². The van der Waals surface area contributed by atoms with Gasteiger partial charge in [-0.1, -0.05) is 149 Å². The highest BCUT2D eigenvalue weighted by molar-refractivity contribution is 6.88. The minimum atomic E-state index is -1.48. The number of allylic oxidation sites excluding steroid dienone is 5. The van der Waals surface area contributed by atoms with Crippen LogP contribution in [0.15, 0.2) is 163 Å². The van der Waals surface area contributed by atoms with Crippen LogP contribution >= 0.6 is 0 Å². The van der Waals surface area contributed by atoms with Crippen LogP contribution in [0.25, 0.3) is 34.4 Å². The van der Waals surface area contributed by atoms with Crippen molar-refractivity contribution in [3.8, 4) is 28.3 Å². The van der Waals surface area contributed by atoms with Gasteiger partial charge in [0.1, 0.15) is 0 Å². The van der Waals surface area contributed by atoms with E-state index in [1.54, 1.807) is 0 Å². The van der Waals surface area contributed by atoms with Gasteiger partial charge in [-0.3, -0.25) is 0 Å². The van der Waals surface area contributed by atoms with Crippen LogP contribution in [0.5, 0.6) is 0 Å². The summed E-state index contributed by atoms with van der Waals surface area (Å²) in [5.74, 6) is 0.262. The number of rotatable bonds is 7. The normalized spacial score (nSPS) is 17.4. The van der Waals surface area contributed by atoms with Crippen LogP contribution in [0.3, 0.4) is 0 Å². The summed E-state index contributed by atoms with van der Waals surface area (Å²) >= 11 is 0. The maximum atomic E-state index is 9.86. The first-order valence-corrected chi connectivity index (χ1v) is 24.9. The van der Waals surface area contributed by atoms with Gasteiger partial charge in [-0.05, 0) is 123 Å². The molecule has 3 aliphatic carbocycles. The van der Waals surface area contributed by atoms with Crippen LogP contribution < -0.4 is 15.0 Å². The van der Waals surface area contributed by atoms with Gasteiger partial charge in [0.05, 0.1) is 19.7 Å². The molecule has 6 aromatic rings. The fraction of sp³-hybridized carbons (Fsp3) is 0.196. The molecular weight excluding hydrogens is 743 g/mol. The van der Waals surface area contributed by atoms with Crippen LogP contribution in [-0.2, 0) is 11.8 Å². The Hall–Kier alpha value is -6.41. The number of nitrogens with zero attached hydrogens (tertiary/aromatic N) is 3. The number of nitriles is 1. The minimum absolute atomic E-state index is 0.0654. The Morgan fingerprint density at radius 3 is 2.07 bits per heavy atom. The molecule has 0 bridgehead atoms. The third-order valence-corrected chi connectivity index (χ3v) is 15.1. The summed E-state index contributed by atoms with van der Waals surface area (Å²) in [5.41, 5.74) is 19.5. The standard InChI is InChI=1S/C56H51N3Si/c1-56(2,3)45-21-13-38(14-22-45)43-33-44(39-15-25-48(26-16-39)60(4,5)6)35-47(34-43)59(46-23-11-37(36-57)12-24-46)53-30-20-42-17-27-49-52(58-32-31-40-9-7-8-10-51(40)58)29-19-41-18-28-50(53)55(42)54(41)49/h7-30,33-35,50,55H,31-32H2,1-6H3. The van der Waals surface area contributed by atoms with Gasteiger partial charge >= 0.3 is 0 Å². The van der Waals surface area contributed by atoms with Crippen molar-refractivity contribution in [3.63, 3.8) is 0 Å². The number of fused-ring (bicyclic) bond motifs is 1. The second-order valence-corrected chi connectivity index (χ2v) is 24.0. The molecule has 10 rings (SSSR count). The number of hydrogen-bond donors (Lipinski definition) is 0. The monoisotopic (exact) mass is 793 g/mol. The number of para-hydroxylation sites is 1. The first-order chi connectivity index (χ1) is 28.9. The highest BCUT2D eigenvalue weighted by Gasteiger charge is 2.40. The molecule has 1 aliphatic heterocycles. The molecule has 60 heavy (non-hydrogen) atoms. The van der Waals surface area contributed by atoms with Crippen molar-refractivity contribution in [3.05, 3.63) is 196 Å². The summed E-state index contributed by atoms with van der Waals surface area (Å²) in [5, 5.41) is 11.3. The lowest BCUT2D eigenvalue weighted by molar-refractivity contribution is 0.590. The molecule has 2 atom stereocenters. The number of benzene rings is 6. The van der Waals surface area contributed by atoms with Crippen molar-refractivity contribution < 1.29 is 0 Å². The molecule has 4 aliphatic rings. The molecule has 0 aromatic heterocycles. The molecule has 0 saturated heterocycles. The zero-order valence-electron chi connectivity index (χ0n) is 35.5. The second-order valence-electron chi connectivity index (χ2n) is 18.9. The molecule has 0 fully saturated rings. The maximum Gasteiger partial charge on any atom is 0.0991 e. The third-order valence-electron chi connectivity index (χ3n) is 13.1.